The van der Waals surface area contributed by atoms with E-state index in [1.807, 2.05) is 18.2 Å². The van der Waals surface area contributed by atoms with Gasteiger partial charge in [0.2, 0.25) is 6.79 Å². The number of halogens is 1. The number of hydrogen-bond acceptors (Lipinski definition) is 3. The highest BCUT2D eigenvalue weighted by Gasteiger charge is 2.18. The lowest BCUT2D eigenvalue weighted by molar-refractivity contribution is 0.174. The Morgan fingerprint density at radius 3 is 2.76 bits per heavy atom. The maximum absolute atomic E-state index is 6.21. The van der Waals surface area contributed by atoms with Crippen molar-refractivity contribution in [3.63, 3.8) is 0 Å². The van der Waals surface area contributed by atoms with Crippen LogP contribution in [0.15, 0.2) is 42.5 Å². The Kier molecular flexibility index (Phi) is 4.32. The van der Waals surface area contributed by atoms with Crippen molar-refractivity contribution >= 4 is 11.6 Å². The van der Waals surface area contributed by atoms with Crippen molar-refractivity contribution in [2.75, 3.05) is 6.79 Å². The molecule has 0 amide bonds. The molecule has 0 saturated carbocycles. The third kappa shape index (κ3) is 3.14. The molecule has 4 heteroatoms. The molecule has 1 N–H and O–H groups in total. The quantitative estimate of drug-likeness (QED) is 0.893. The minimum Gasteiger partial charge on any atom is -0.454 e. The van der Waals surface area contributed by atoms with E-state index in [1.54, 1.807) is 0 Å². The molecule has 1 aliphatic heterocycles. The second-order valence-electron chi connectivity index (χ2n) is 5.06. The summed E-state index contributed by atoms with van der Waals surface area (Å²) in [5.74, 6) is 1.38. The number of rotatable bonds is 5. The highest BCUT2D eigenvalue weighted by atomic mass is 35.5. The maximum Gasteiger partial charge on any atom is 0.231 e. The standard InChI is InChI=1S/C17H18ClNO2/c1-2-15(13-6-4-3-5-7-13)19-10-12-8-14(18)17-16(9-12)20-11-21-17/h3-9,15,19H,2,10-11H2,1H3. The third-order valence-corrected chi connectivity index (χ3v) is 3.93. The molecule has 110 valence electrons. The van der Waals surface area contributed by atoms with Crippen LogP contribution in [0.3, 0.4) is 0 Å². The lowest BCUT2D eigenvalue weighted by Crippen LogP contribution is -2.20. The largest absolute Gasteiger partial charge is 0.454 e. The summed E-state index contributed by atoms with van der Waals surface area (Å²) >= 11 is 6.21. The van der Waals surface area contributed by atoms with E-state index in [4.69, 9.17) is 21.1 Å². The van der Waals surface area contributed by atoms with Gasteiger partial charge in [0.1, 0.15) is 0 Å². The normalized spacial score (nSPS) is 14.2. The van der Waals surface area contributed by atoms with Crippen LogP contribution in [0.5, 0.6) is 11.5 Å². The van der Waals surface area contributed by atoms with Gasteiger partial charge < -0.3 is 14.8 Å². The monoisotopic (exact) mass is 303 g/mol. The van der Waals surface area contributed by atoms with Gasteiger partial charge in [0.05, 0.1) is 5.02 Å². The Labute approximate surface area is 129 Å². The zero-order chi connectivity index (χ0) is 14.7. The van der Waals surface area contributed by atoms with Gasteiger partial charge in [-0.3, -0.25) is 0 Å². The van der Waals surface area contributed by atoms with E-state index in [9.17, 15) is 0 Å². The highest BCUT2D eigenvalue weighted by molar-refractivity contribution is 6.32. The Bertz CT molecular complexity index is 616. The minimum absolute atomic E-state index is 0.244. The van der Waals surface area contributed by atoms with Crippen LogP contribution >= 0.6 is 11.6 Å². The molecule has 1 aliphatic rings. The molecule has 1 atom stereocenters. The predicted molar refractivity (Wildman–Crippen MR) is 83.9 cm³/mol. The van der Waals surface area contributed by atoms with Crippen LogP contribution in [0, 0.1) is 0 Å². The van der Waals surface area contributed by atoms with Crippen LogP contribution in [0.4, 0.5) is 0 Å². The average Bonchev–Trinajstić information content (AvgIpc) is 2.98. The molecule has 0 aromatic heterocycles. The molecule has 21 heavy (non-hydrogen) atoms. The van der Waals surface area contributed by atoms with Crippen molar-refractivity contribution in [1.82, 2.24) is 5.32 Å². The van der Waals surface area contributed by atoms with E-state index in [-0.39, 0.29) is 6.79 Å². The van der Waals surface area contributed by atoms with Gasteiger partial charge >= 0.3 is 0 Å². The number of ether oxygens (including phenoxy) is 2. The van der Waals surface area contributed by atoms with Crippen molar-refractivity contribution in [2.24, 2.45) is 0 Å². The topological polar surface area (TPSA) is 30.5 Å². The molecule has 0 radical (unpaired) electrons. The van der Waals surface area contributed by atoms with Gasteiger partial charge in [0.15, 0.2) is 11.5 Å². The van der Waals surface area contributed by atoms with Crippen LogP contribution in [0.25, 0.3) is 0 Å². The van der Waals surface area contributed by atoms with Crippen LogP contribution in [-0.4, -0.2) is 6.79 Å². The Morgan fingerprint density at radius 2 is 2.00 bits per heavy atom. The SMILES string of the molecule is CCC(NCc1cc(Cl)c2c(c1)OCO2)c1ccccc1. The highest BCUT2D eigenvalue weighted by Crippen LogP contribution is 2.39. The van der Waals surface area contributed by atoms with E-state index < -0.39 is 0 Å². The van der Waals surface area contributed by atoms with Gasteiger partial charge in [0.25, 0.3) is 0 Å². The Morgan fingerprint density at radius 1 is 1.19 bits per heavy atom. The number of nitrogens with one attached hydrogen (secondary N) is 1. The first-order chi connectivity index (χ1) is 10.3. The summed E-state index contributed by atoms with van der Waals surface area (Å²) in [6, 6.07) is 14.7. The van der Waals surface area contributed by atoms with E-state index in [0.717, 1.165) is 24.3 Å². The summed E-state index contributed by atoms with van der Waals surface area (Å²) < 4.78 is 10.7. The number of hydrogen-bond donors (Lipinski definition) is 1. The molecule has 0 aliphatic carbocycles. The molecule has 0 spiro atoms. The first-order valence-electron chi connectivity index (χ1n) is 7.14. The summed E-state index contributed by atoms with van der Waals surface area (Å²) in [6.45, 7) is 3.16. The zero-order valence-corrected chi connectivity index (χ0v) is 12.7. The van der Waals surface area contributed by atoms with E-state index in [0.29, 0.717) is 16.8 Å². The first-order valence-corrected chi connectivity index (χ1v) is 7.52. The summed E-state index contributed by atoms with van der Waals surface area (Å²) in [6.07, 6.45) is 1.03. The fraction of sp³-hybridized carbons (Fsp3) is 0.294. The molecule has 2 aromatic carbocycles. The van der Waals surface area contributed by atoms with Crippen molar-refractivity contribution in [3.05, 3.63) is 58.6 Å². The van der Waals surface area contributed by atoms with Crippen molar-refractivity contribution in [3.8, 4) is 11.5 Å². The minimum atomic E-state index is 0.244. The average molecular weight is 304 g/mol. The molecule has 2 aromatic rings. The van der Waals surface area contributed by atoms with Gasteiger partial charge in [-0.15, -0.1) is 0 Å². The van der Waals surface area contributed by atoms with Crippen molar-refractivity contribution < 1.29 is 9.47 Å². The molecule has 3 nitrogen and oxygen atoms in total. The number of fused-ring (bicyclic) bond motifs is 1. The molecule has 0 bridgehead atoms. The van der Waals surface area contributed by atoms with Gasteiger partial charge in [-0.25, -0.2) is 0 Å². The summed E-state index contributed by atoms with van der Waals surface area (Å²) in [7, 11) is 0. The maximum atomic E-state index is 6.21. The second kappa shape index (κ2) is 6.37. The third-order valence-electron chi connectivity index (χ3n) is 3.65. The molecular weight excluding hydrogens is 286 g/mol. The van der Waals surface area contributed by atoms with Crippen molar-refractivity contribution in [1.29, 1.82) is 0 Å². The molecule has 1 heterocycles. The summed E-state index contributed by atoms with van der Waals surface area (Å²) in [5.41, 5.74) is 2.39. The van der Waals surface area contributed by atoms with E-state index >= 15 is 0 Å². The summed E-state index contributed by atoms with van der Waals surface area (Å²) in [5, 5.41) is 4.17. The Balaban J connectivity index is 1.71. The lowest BCUT2D eigenvalue weighted by atomic mass is 10.0. The van der Waals surface area contributed by atoms with Crippen LogP contribution in [0.1, 0.15) is 30.5 Å². The van der Waals surface area contributed by atoms with E-state index in [2.05, 4.69) is 36.5 Å². The molecule has 3 rings (SSSR count). The second-order valence-corrected chi connectivity index (χ2v) is 5.47. The van der Waals surface area contributed by atoms with Crippen LogP contribution in [-0.2, 0) is 6.54 Å². The van der Waals surface area contributed by atoms with Gasteiger partial charge in [-0.1, -0.05) is 48.9 Å². The number of benzene rings is 2. The van der Waals surface area contributed by atoms with Crippen LogP contribution < -0.4 is 14.8 Å². The van der Waals surface area contributed by atoms with Gasteiger partial charge in [-0.05, 0) is 29.7 Å². The lowest BCUT2D eigenvalue weighted by Gasteiger charge is -2.17. The first kappa shape index (κ1) is 14.2. The van der Waals surface area contributed by atoms with E-state index in [1.165, 1.54) is 5.56 Å². The smallest absolute Gasteiger partial charge is 0.231 e. The summed E-state index contributed by atoms with van der Waals surface area (Å²) in [4.78, 5) is 0. The molecule has 0 saturated heterocycles. The van der Waals surface area contributed by atoms with Crippen molar-refractivity contribution in [2.45, 2.75) is 25.9 Å². The fourth-order valence-electron chi connectivity index (χ4n) is 2.55. The van der Waals surface area contributed by atoms with Gasteiger partial charge in [-0.2, -0.15) is 0 Å². The fourth-order valence-corrected chi connectivity index (χ4v) is 2.83. The molecular formula is C17H18ClNO2. The zero-order valence-electron chi connectivity index (χ0n) is 11.9. The predicted octanol–water partition coefficient (Wildman–Crippen LogP) is 4.31. The Hall–Kier alpha value is -1.71. The molecule has 0 fully saturated rings. The van der Waals surface area contributed by atoms with Crippen LogP contribution in [0.2, 0.25) is 5.02 Å². The van der Waals surface area contributed by atoms with Gasteiger partial charge in [0, 0.05) is 12.6 Å². The molecule has 1 unspecified atom stereocenters.